The number of halogens is 2. The van der Waals surface area contributed by atoms with E-state index >= 15 is 0 Å². The van der Waals surface area contributed by atoms with Crippen molar-refractivity contribution in [3.8, 4) is 6.07 Å². The van der Waals surface area contributed by atoms with Gasteiger partial charge in [-0.05, 0) is 43.2 Å². The number of methoxy groups -OCH3 is 1. The zero-order valence-electron chi connectivity index (χ0n) is 23.2. The molecule has 0 bridgehead atoms. The number of nitriles is 1. The fourth-order valence-electron chi connectivity index (χ4n) is 4.49. The smallest absolute Gasteiger partial charge is 0.336 e. The van der Waals surface area contributed by atoms with Crippen molar-refractivity contribution in [2.24, 2.45) is 10.9 Å². The van der Waals surface area contributed by atoms with Gasteiger partial charge in [0.15, 0.2) is 0 Å². The van der Waals surface area contributed by atoms with Crippen LogP contribution in [0, 0.1) is 17.2 Å². The summed E-state index contributed by atoms with van der Waals surface area (Å²) in [7, 11) is 1.28. The van der Waals surface area contributed by atoms with E-state index < -0.39 is 23.8 Å². The molecule has 0 saturated carbocycles. The van der Waals surface area contributed by atoms with Crippen molar-refractivity contribution in [1.29, 1.82) is 5.26 Å². The number of ether oxygens (including phenoxy) is 4. The highest BCUT2D eigenvalue weighted by Gasteiger charge is 2.44. The summed E-state index contributed by atoms with van der Waals surface area (Å²) in [6.45, 7) is 5.88. The second-order valence-corrected chi connectivity index (χ2v) is 9.89. The third-order valence-corrected chi connectivity index (χ3v) is 7.26. The maximum Gasteiger partial charge on any atom is 0.336 e. The Morgan fingerprint density at radius 1 is 1.07 bits per heavy atom. The Balaban J connectivity index is 1.65. The Morgan fingerprint density at radius 3 is 2.49 bits per heavy atom. The molecule has 0 fully saturated rings. The van der Waals surface area contributed by atoms with E-state index in [1.54, 1.807) is 44.2 Å². The predicted octanol–water partition coefficient (Wildman–Crippen LogP) is 4.85. The molecule has 0 aromatic heterocycles. The average molecular weight is 603 g/mol. The third kappa shape index (κ3) is 8.62. The molecular formula is C30H33Cl2N3O6. The van der Waals surface area contributed by atoms with Gasteiger partial charge in [-0.2, -0.15) is 5.26 Å². The Labute approximate surface area is 250 Å². The van der Waals surface area contributed by atoms with Crippen molar-refractivity contribution in [3.05, 3.63) is 80.5 Å². The van der Waals surface area contributed by atoms with Crippen molar-refractivity contribution in [2.75, 3.05) is 46.7 Å². The van der Waals surface area contributed by atoms with Crippen molar-refractivity contribution in [3.63, 3.8) is 0 Å². The summed E-state index contributed by atoms with van der Waals surface area (Å²) in [5.41, 5.74) is 3.16. The summed E-state index contributed by atoms with van der Waals surface area (Å²) in [4.78, 5) is 30.7. The fourth-order valence-corrected chi connectivity index (χ4v) is 4.91. The van der Waals surface area contributed by atoms with Crippen LogP contribution in [0.5, 0.6) is 0 Å². The van der Waals surface area contributed by atoms with Gasteiger partial charge in [0.25, 0.3) is 0 Å². The molecule has 218 valence electrons. The van der Waals surface area contributed by atoms with Crippen LogP contribution < -0.4 is 5.32 Å². The molecule has 41 heavy (non-hydrogen) atoms. The van der Waals surface area contributed by atoms with E-state index in [-0.39, 0.29) is 35.4 Å². The molecule has 0 saturated heterocycles. The first-order chi connectivity index (χ1) is 19.8. The van der Waals surface area contributed by atoms with Crippen LogP contribution in [0.4, 0.5) is 0 Å². The minimum Gasteiger partial charge on any atom is -0.468 e. The van der Waals surface area contributed by atoms with E-state index in [4.69, 9.17) is 47.4 Å². The molecule has 2 aromatic rings. The van der Waals surface area contributed by atoms with Crippen LogP contribution in [0.25, 0.3) is 0 Å². The van der Waals surface area contributed by atoms with Crippen molar-refractivity contribution in [1.82, 2.24) is 5.32 Å². The summed E-state index contributed by atoms with van der Waals surface area (Å²) in [5, 5.41) is 12.7. The van der Waals surface area contributed by atoms with Crippen LogP contribution >= 0.6 is 23.2 Å². The van der Waals surface area contributed by atoms with Crippen molar-refractivity contribution >= 4 is 40.9 Å². The third-order valence-electron chi connectivity index (χ3n) is 6.43. The van der Waals surface area contributed by atoms with Gasteiger partial charge in [-0.25, -0.2) is 4.79 Å². The number of carbonyl (C=O) groups is 2. The summed E-state index contributed by atoms with van der Waals surface area (Å²) in [6.07, 6.45) is 0. The van der Waals surface area contributed by atoms with Crippen molar-refractivity contribution < 1.29 is 28.5 Å². The Morgan fingerprint density at radius 2 is 1.80 bits per heavy atom. The topological polar surface area (TPSA) is 119 Å². The Hall–Kier alpha value is -3.26. The highest BCUT2D eigenvalue weighted by Crippen LogP contribution is 2.44. The molecule has 1 heterocycles. The fraction of sp³-hybridized carbons (Fsp3) is 0.400. The molecule has 0 aliphatic carbocycles. The first kappa shape index (κ1) is 32.3. The largest absolute Gasteiger partial charge is 0.468 e. The SMILES string of the molecule is CCOC(=O)C1=C(COCCOCCNCc2ccc(C#N)cc2)N=C(C)C(C(=O)OC)C1c1cccc(Cl)c1Cl. The maximum absolute atomic E-state index is 13.2. The number of benzene rings is 2. The monoisotopic (exact) mass is 601 g/mol. The van der Waals surface area contributed by atoms with Gasteiger partial charge in [0.1, 0.15) is 5.92 Å². The van der Waals surface area contributed by atoms with Crippen LogP contribution in [-0.2, 0) is 35.1 Å². The lowest BCUT2D eigenvalue weighted by Gasteiger charge is -2.32. The molecule has 1 aliphatic heterocycles. The first-order valence-corrected chi connectivity index (χ1v) is 13.9. The highest BCUT2D eigenvalue weighted by molar-refractivity contribution is 6.42. The predicted molar refractivity (Wildman–Crippen MR) is 156 cm³/mol. The number of hydrogen-bond acceptors (Lipinski definition) is 9. The summed E-state index contributed by atoms with van der Waals surface area (Å²) in [5.74, 6) is -2.92. The maximum atomic E-state index is 13.2. The Kier molecular flexibility index (Phi) is 12.8. The number of carbonyl (C=O) groups excluding carboxylic acids is 2. The lowest BCUT2D eigenvalue weighted by atomic mass is 9.75. The van der Waals surface area contributed by atoms with Crippen LogP contribution in [0.2, 0.25) is 10.0 Å². The van der Waals surface area contributed by atoms with Gasteiger partial charge in [-0.3, -0.25) is 9.79 Å². The minimum absolute atomic E-state index is 0.00559. The number of hydrogen-bond donors (Lipinski definition) is 1. The van der Waals surface area contributed by atoms with Gasteiger partial charge in [-0.15, -0.1) is 0 Å². The molecule has 2 atom stereocenters. The number of nitrogens with zero attached hydrogens (tertiary/aromatic N) is 2. The number of nitrogens with one attached hydrogen (secondary N) is 1. The Bertz CT molecular complexity index is 1320. The van der Waals surface area contributed by atoms with Crippen molar-refractivity contribution in [2.45, 2.75) is 26.3 Å². The van der Waals surface area contributed by atoms with Gasteiger partial charge in [0, 0.05) is 24.7 Å². The zero-order valence-corrected chi connectivity index (χ0v) is 24.8. The van der Waals surface area contributed by atoms with Crippen LogP contribution in [0.15, 0.2) is 58.7 Å². The lowest BCUT2D eigenvalue weighted by molar-refractivity contribution is -0.144. The molecule has 0 radical (unpaired) electrons. The molecule has 0 spiro atoms. The molecule has 1 aliphatic rings. The second kappa shape index (κ2) is 16.2. The van der Waals surface area contributed by atoms with E-state index in [1.807, 2.05) is 12.1 Å². The number of aliphatic imine (C=N–C) groups is 1. The van der Waals surface area contributed by atoms with Crippen LogP contribution in [0.1, 0.15) is 36.5 Å². The molecule has 3 rings (SSSR count). The molecule has 11 heteroatoms. The minimum atomic E-state index is -0.903. The lowest BCUT2D eigenvalue weighted by Crippen LogP contribution is -2.37. The zero-order chi connectivity index (χ0) is 29.8. The van der Waals surface area contributed by atoms with Gasteiger partial charge in [0.2, 0.25) is 0 Å². The van der Waals surface area contributed by atoms with Gasteiger partial charge in [-0.1, -0.05) is 47.5 Å². The van der Waals surface area contributed by atoms with E-state index in [9.17, 15) is 9.59 Å². The van der Waals surface area contributed by atoms with E-state index in [1.165, 1.54) is 7.11 Å². The molecule has 0 amide bonds. The van der Waals surface area contributed by atoms with E-state index in [2.05, 4.69) is 16.4 Å². The standard InChI is InChI=1S/C30H33Cl2N3O6/c1-4-41-30(37)27-24(18-40-15-14-39-13-12-34-17-21-10-8-20(16-33)9-11-21)35-19(2)25(29(36)38-3)26(27)22-6-5-7-23(31)28(22)32/h5-11,25-26,34H,4,12-15,17-18H2,1-3H3. The quantitative estimate of drug-likeness (QED) is 0.241. The molecule has 2 unspecified atom stereocenters. The number of esters is 2. The summed E-state index contributed by atoms with van der Waals surface area (Å²) in [6, 6.07) is 14.5. The van der Waals surface area contributed by atoms with Gasteiger partial charge in [0.05, 0.1) is 73.1 Å². The van der Waals surface area contributed by atoms with Gasteiger partial charge >= 0.3 is 11.9 Å². The molecule has 1 N–H and O–H groups in total. The number of rotatable bonds is 14. The van der Waals surface area contributed by atoms with Crippen LogP contribution in [-0.4, -0.2) is 64.3 Å². The molecule has 9 nitrogen and oxygen atoms in total. The molecule has 2 aromatic carbocycles. The van der Waals surface area contributed by atoms with Crippen LogP contribution in [0.3, 0.4) is 0 Å². The summed E-state index contributed by atoms with van der Waals surface area (Å²) >= 11 is 12.9. The highest BCUT2D eigenvalue weighted by atomic mass is 35.5. The van der Waals surface area contributed by atoms with E-state index in [0.717, 1.165) is 5.56 Å². The first-order valence-electron chi connectivity index (χ1n) is 13.1. The second-order valence-electron chi connectivity index (χ2n) is 9.11. The average Bonchev–Trinajstić information content (AvgIpc) is 2.97. The summed E-state index contributed by atoms with van der Waals surface area (Å²) < 4.78 is 21.9. The van der Waals surface area contributed by atoms with Gasteiger partial charge < -0.3 is 24.3 Å². The molecular weight excluding hydrogens is 569 g/mol. The normalized spacial score (nSPS) is 16.6. The van der Waals surface area contributed by atoms with E-state index in [0.29, 0.717) is 48.8 Å².